The van der Waals surface area contributed by atoms with Crippen LogP contribution in [0.5, 0.6) is 11.5 Å². The van der Waals surface area contributed by atoms with Crippen LogP contribution in [0.1, 0.15) is 54.2 Å². The average molecular weight is 464 g/mol. The number of halogens is 1. The Morgan fingerprint density at radius 2 is 1.88 bits per heavy atom. The zero-order valence-electron chi connectivity index (χ0n) is 19.2. The minimum absolute atomic E-state index is 0.0439. The van der Waals surface area contributed by atoms with Crippen molar-refractivity contribution in [2.45, 2.75) is 33.6 Å². The molecule has 2 aromatic carbocycles. The number of hydrogen-bond acceptors (Lipinski definition) is 6. The van der Waals surface area contributed by atoms with Crippen molar-refractivity contribution in [1.82, 2.24) is 9.88 Å². The summed E-state index contributed by atoms with van der Waals surface area (Å²) in [5.74, 6) is -0.864. The quantitative estimate of drug-likeness (QED) is 0.386. The van der Waals surface area contributed by atoms with Gasteiger partial charge in [0.05, 0.1) is 23.4 Å². The standard InChI is InChI=1S/C26H25FN2O5/c1-4-7-19-20-21(25(31)29(19)5-2)24(34-26(32)33-6-3)22-18(23(20)30)13-16(14-28-22)12-15-8-10-17(27)11-9-15/h7-11,13-14,30H,4-6,12H2,1-3H3/b19-7-. The maximum atomic E-state index is 13.3. The van der Waals surface area contributed by atoms with E-state index in [2.05, 4.69) is 4.98 Å². The number of carbonyl (C=O) groups is 2. The molecular weight excluding hydrogens is 439 g/mol. The molecule has 0 radical (unpaired) electrons. The number of pyridine rings is 1. The van der Waals surface area contributed by atoms with E-state index in [1.807, 2.05) is 19.9 Å². The highest BCUT2D eigenvalue weighted by atomic mass is 19.1. The first-order valence-electron chi connectivity index (χ1n) is 11.2. The van der Waals surface area contributed by atoms with Crippen LogP contribution >= 0.6 is 0 Å². The molecule has 1 aliphatic rings. The summed E-state index contributed by atoms with van der Waals surface area (Å²) in [7, 11) is 0. The molecule has 1 aliphatic heterocycles. The van der Waals surface area contributed by atoms with Crippen molar-refractivity contribution in [3.8, 4) is 11.5 Å². The second kappa shape index (κ2) is 9.51. The number of phenols is 1. The number of rotatable bonds is 6. The molecule has 1 aromatic heterocycles. The van der Waals surface area contributed by atoms with Crippen molar-refractivity contribution in [2.24, 2.45) is 0 Å². The van der Waals surface area contributed by atoms with Crippen molar-refractivity contribution in [3.05, 3.63) is 70.7 Å². The Labute approximate surface area is 196 Å². The van der Waals surface area contributed by atoms with Crippen LogP contribution < -0.4 is 4.74 Å². The molecule has 0 unspecified atom stereocenters. The van der Waals surface area contributed by atoms with E-state index in [1.54, 1.807) is 31.3 Å². The van der Waals surface area contributed by atoms with Crippen LogP contribution in [0.3, 0.4) is 0 Å². The fourth-order valence-corrected chi connectivity index (χ4v) is 4.17. The van der Waals surface area contributed by atoms with E-state index in [0.717, 1.165) is 11.1 Å². The van der Waals surface area contributed by atoms with Gasteiger partial charge in [-0.25, -0.2) is 9.18 Å². The lowest BCUT2D eigenvalue weighted by Crippen LogP contribution is -2.23. The molecule has 0 spiro atoms. The Bertz CT molecular complexity index is 1300. The number of aromatic nitrogens is 1. The molecule has 7 nitrogen and oxygen atoms in total. The van der Waals surface area contributed by atoms with Crippen LogP contribution in [-0.4, -0.2) is 40.2 Å². The summed E-state index contributed by atoms with van der Waals surface area (Å²) in [5, 5.41) is 11.6. The van der Waals surface area contributed by atoms with E-state index in [4.69, 9.17) is 9.47 Å². The third kappa shape index (κ3) is 4.07. The van der Waals surface area contributed by atoms with Crippen LogP contribution in [0.2, 0.25) is 0 Å². The maximum Gasteiger partial charge on any atom is 0.513 e. The first kappa shape index (κ1) is 23.2. The minimum Gasteiger partial charge on any atom is -0.507 e. The minimum atomic E-state index is -0.961. The van der Waals surface area contributed by atoms with Crippen molar-refractivity contribution in [2.75, 3.05) is 13.2 Å². The number of carbonyl (C=O) groups excluding carboxylic acids is 2. The lowest BCUT2D eigenvalue weighted by Gasteiger charge is -2.16. The van der Waals surface area contributed by atoms with Gasteiger partial charge in [-0.15, -0.1) is 0 Å². The molecule has 2 heterocycles. The Kier molecular flexibility index (Phi) is 6.49. The highest BCUT2D eigenvalue weighted by Gasteiger charge is 2.39. The summed E-state index contributed by atoms with van der Waals surface area (Å²) in [4.78, 5) is 31.5. The predicted molar refractivity (Wildman–Crippen MR) is 125 cm³/mol. The molecule has 0 saturated carbocycles. The highest BCUT2D eigenvalue weighted by Crippen LogP contribution is 2.48. The van der Waals surface area contributed by atoms with Gasteiger partial charge in [-0.2, -0.15) is 0 Å². The molecular formula is C26H25FN2O5. The summed E-state index contributed by atoms with van der Waals surface area (Å²) in [5.41, 5.74) is 2.75. The SMILES string of the molecule is CC/C=C1/c2c(c(OC(=O)OCC)c3ncc(Cc4ccc(F)cc4)cc3c2O)C(=O)N1CC. The van der Waals surface area contributed by atoms with Gasteiger partial charge in [-0.1, -0.05) is 25.1 Å². The van der Waals surface area contributed by atoms with Gasteiger partial charge in [0.25, 0.3) is 5.91 Å². The largest absolute Gasteiger partial charge is 0.513 e. The van der Waals surface area contributed by atoms with Gasteiger partial charge < -0.3 is 19.5 Å². The van der Waals surface area contributed by atoms with Gasteiger partial charge in [0.2, 0.25) is 0 Å². The van der Waals surface area contributed by atoms with Gasteiger partial charge in [-0.05, 0) is 56.0 Å². The van der Waals surface area contributed by atoms with E-state index >= 15 is 0 Å². The van der Waals surface area contributed by atoms with E-state index < -0.39 is 6.16 Å². The topological polar surface area (TPSA) is 89.0 Å². The number of ether oxygens (including phenoxy) is 2. The summed E-state index contributed by atoms with van der Waals surface area (Å²) >= 11 is 0. The normalized spacial score (nSPS) is 14.1. The van der Waals surface area contributed by atoms with Crippen LogP contribution in [0.4, 0.5) is 9.18 Å². The average Bonchev–Trinajstić information content (AvgIpc) is 3.10. The maximum absolute atomic E-state index is 13.3. The van der Waals surface area contributed by atoms with Gasteiger partial charge in [-0.3, -0.25) is 9.78 Å². The lowest BCUT2D eigenvalue weighted by atomic mass is 9.98. The third-order valence-corrected chi connectivity index (χ3v) is 5.62. The number of phenolic OH excluding ortho intramolecular Hbond substituents is 1. The molecule has 3 aromatic rings. The molecule has 0 saturated heterocycles. The number of hydrogen-bond donors (Lipinski definition) is 1. The van der Waals surface area contributed by atoms with Crippen LogP contribution in [0.15, 0.2) is 42.6 Å². The molecule has 1 N–H and O–H groups in total. The van der Waals surface area contributed by atoms with E-state index in [0.29, 0.717) is 36.0 Å². The number of allylic oxidation sites excluding steroid dienone is 1. The first-order chi connectivity index (χ1) is 16.4. The molecule has 4 rings (SSSR count). The number of benzene rings is 2. The first-order valence-corrected chi connectivity index (χ1v) is 11.2. The monoisotopic (exact) mass is 464 g/mol. The fraction of sp³-hybridized carbons (Fsp3) is 0.269. The van der Waals surface area contributed by atoms with Gasteiger partial charge in [0.1, 0.15) is 17.1 Å². The van der Waals surface area contributed by atoms with E-state index in [1.165, 1.54) is 17.0 Å². The predicted octanol–water partition coefficient (Wildman–Crippen LogP) is 5.43. The molecule has 0 fully saturated rings. The van der Waals surface area contributed by atoms with Gasteiger partial charge in [0, 0.05) is 18.1 Å². The Hall–Kier alpha value is -3.94. The van der Waals surface area contributed by atoms with Crippen LogP contribution in [0.25, 0.3) is 16.6 Å². The zero-order chi connectivity index (χ0) is 24.4. The molecule has 34 heavy (non-hydrogen) atoms. The van der Waals surface area contributed by atoms with Gasteiger partial charge >= 0.3 is 6.16 Å². The zero-order valence-corrected chi connectivity index (χ0v) is 19.2. The second-order valence-electron chi connectivity index (χ2n) is 7.80. The smallest absolute Gasteiger partial charge is 0.507 e. The summed E-state index contributed by atoms with van der Waals surface area (Å²) in [6.07, 6.45) is 3.55. The molecule has 1 amide bonds. The molecule has 0 atom stereocenters. The second-order valence-corrected chi connectivity index (χ2v) is 7.80. The number of aromatic hydroxyl groups is 1. The van der Waals surface area contributed by atoms with Crippen LogP contribution in [0, 0.1) is 5.82 Å². The van der Waals surface area contributed by atoms with E-state index in [9.17, 15) is 19.1 Å². The van der Waals surface area contributed by atoms with Crippen LogP contribution in [-0.2, 0) is 11.2 Å². The highest BCUT2D eigenvalue weighted by molar-refractivity contribution is 6.17. The Morgan fingerprint density at radius 3 is 2.53 bits per heavy atom. The summed E-state index contributed by atoms with van der Waals surface area (Å²) in [6, 6.07) is 7.86. The Balaban J connectivity index is 1.93. The molecule has 0 bridgehead atoms. The molecule has 176 valence electrons. The fourth-order valence-electron chi connectivity index (χ4n) is 4.17. The van der Waals surface area contributed by atoms with Crippen molar-refractivity contribution in [3.63, 3.8) is 0 Å². The molecule has 0 aliphatic carbocycles. The summed E-state index contributed by atoms with van der Waals surface area (Å²) in [6.45, 7) is 5.88. The van der Waals surface area contributed by atoms with E-state index in [-0.39, 0.29) is 40.9 Å². The van der Waals surface area contributed by atoms with Crippen molar-refractivity contribution in [1.29, 1.82) is 0 Å². The van der Waals surface area contributed by atoms with Gasteiger partial charge in [0.15, 0.2) is 5.75 Å². The van der Waals surface area contributed by atoms with Crippen molar-refractivity contribution < 1.29 is 28.6 Å². The lowest BCUT2D eigenvalue weighted by molar-refractivity contribution is 0.0848. The van der Waals surface area contributed by atoms with Crippen molar-refractivity contribution >= 4 is 28.7 Å². The number of nitrogens with zero attached hydrogens (tertiary/aromatic N) is 2. The molecule has 8 heteroatoms. The number of amides is 1. The number of fused-ring (bicyclic) bond motifs is 2. The third-order valence-electron chi connectivity index (χ3n) is 5.62. The Morgan fingerprint density at radius 1 is 1.15 bits per heavy atom. The summed E-state index contributed by atoms with van der Waals surface area (Å²) < 4.78 is 23.7.